The maximum absolute atomic E-state index is 11.7. The number of hydrogen-bond donors (Lipinski definition) is 2. The summed E-state index contributed by atoms with van der Waals surface area (Å²) in [5.74, 6) is 0.176. The van der Waals surface area contributed by atoms with Crippen LogP contribution in [0.25, 0.3) is 10.2 Å². The molecule has 0 fully saturated rings. The van der Waals surface area contributed by atoms with Gasteiger partial charge in [0.25, 0.3) is 5.56 Å². The number of unbranched alkanes of at least 4 members (excludes halogenated alkanes) is 2. The number of nitrogens with two attached hydrogens (primary N) is 1. The molecule has 4 nitrogen and oxygen atoms in total. The van der Waals surface area contributed by atoms with Crippen molar-refractivity contribution >= 4 is 27.5 Å². The fourth-order valence-electron chi connectivity index (χ4n) is 1.94. The number of anilines is 1. The number of rotatable bonds is 6. The van der Waals surface area contributed by atoms with Crippen molar-refractivity contribution in [3.8, 4) is 0 Å². The summed E-state index contributed by atoms with van der Waals surface area (Å²) in [6.07, 6.45) is 12.8. The van der Waals surface area contributed by atoms with E-state index in [4.69, 9.17) is 5.73 Å². The van der Waals surface area contributed by atoms with E-state index < -0.39 is 0 Å². The molecular weight excluding hydrogens is 270 g/mol. The second-order valence-electron chi connectivity index (χ2n) is 4.56. The van der Waals surface area contributed by atoms with E-state index in [1.807, 2.05) is 13.0 Å². The normalized spacial score (nSPS) is 12.1. The maximum atomic E-state index is 11.7. The lowest BCUT2D eigenvalue weighted by molar-refractivity contribution is 0.865. The maximum Gasteiger partial charge on any atom is 0.261 e. The number of thiophene rings is 1. The zero-order valence-corrected chi connectivity index (χ0v) is 12.4. The Balaban J connectivity index is 1.95. The van der Waals surface area contributed by atoms with Crippen LogP contribution < -0.4 is 11.3 Å². The SMILES string of the molecule is C/C=C\CCC/C=C/Cc1cc2c(=O)[nH]c(N)nc2s1. The van der Waals surface area contributed by atoms with Crippen LogP contribution in [0.5, 0.6) is 0 Å². The van der Waals surface area contributed by atoms with Gasteiger partial charge in [-0.1, -0.05) is 24.3 Å². The Morgan fingerprint density at radius 2 is 2.15 bits per heavy atom. The molecule has 0 amide bonds. The first-order chi connectivity index (χ1) is 9.70. The summed E-state index contributed by atoms with van der Waals surface area (Å²) >= 11 is 1.52. The molecule has 0 unspecified atom stereocenters. The van der Waals surface area contributed by atoms with Crippen molar-refractivity contribution in [2.24, 2.45) is 0 Å². The number of fused-ring (bicyclic) bond motifs is 1. The molecule has 0 atom stereocenters. The van der Waals surface area contributed by atoms with Gasteiger partial charge in [-0.2, -0.15) is 0 Å². The molecule has 0 saturated heterocycles. The van der Waals surface area contributed by atoms with Crippen LogP contribution in [0, 0.1) is 0 Å². The van der Waals surface area contributed by atoms with E-state index in [1.54, 1.807) is 0 Å². The number of aromatic nitrogens is 2. The highest BCUT2D eigenvalue weighted by atomic mass is 32.1. The molecule has 2 aromatic heterocycles. The second-order valence-corrected chi connectivity index (χ2v) is 5.67. The van der Waals surface area contributed by atoms with E-state index in [1.165, 1.54) is 17.8 Å². The highest BCUT2D eigenvalue weighted by molar-refractivity contribution is 7.18. The highest BCUT2D eigenvalue weighted by Gasteiger charge is 2.06. The minimum atomic E-state index is -0.162. The van der Waals surface area contributed by atoms with Gasteiger partial charge < -0.3 is 5.73 Å². The second kappa shape index (κ2) is 7.05. The fourth-order valence-corrected chi connectivity index (χ4v) is 2.95. The van der Waals surface area contributed by atoms with Gasteiger partial charge >= 0.3 is 0 Å². The van der Waals surface area contributed by atoms with Crippen LogP contribution in [-0.2, 0) is 6.42 Å². The van der Waals surface area contributed by atoms with Crippen LogP contribution in [0.2, 0.25) is 0 Å². The van der Waals surface area contributed by atoms with Crippen LogP contribution in [-0.4, -0.2) is 9.97 Å². The van der Waals surface area contributed by atoms with Crippen LogP contribution >= 0.6 is 11.3 Å². The molecule has 0 saturated carbocycles. The number of allylic oxidation sites excluding steroid dienone is 4. The van der Waals surface area contributed by atoms with Crippen molar-refractivity contribution in [3.05, 3.63) is 45.6 Å². The summed E-state index contributed by atoms with van der Waals surface area (Å²) in [7, 11) is 0. The summed E-state index contributed by atoms with van der Waals surface area (Å²) in [4.78, 5) is 20.2. The quantitative estimate of drug-likeness (QED) is 0.632. The van der Waals surface area contributed by atoms with E-state index in [2.05, 4.69) is 34.3 Å². The topological polar surface area (TPSA) is 71.8 Å². The Hall–Kier alpha value is -1.88. The zero-order chi connectivity index (χ0) is 14.4. The molecule has 0 radical (unpaired) electrons. The number of H-pyrrole nitrogens is 1. The highest BCUT2D eigenvalue weighted by Crippen LogP contribution is 2.22. The van der Waals surface area contributed by atoms with E-state index >= 15 is 0 Å². The molecule has 3 N–H and O–H groups in total. The Kier molecular flexibility index (Phi) is 5.12. The molecule has 0 bridgehead atoms. The van der Waals surface area contributed by atoms with Crippen LogP contribution in [0.1, 0.15) is 31.1 Å². The first-order valence-corrected chi connectivity index (χ1v) is 7.56. The number of hydrogen-bond acceptors (Lipinski definition) is 4. The lowest BCUT2D eigenvalue weighted by atomic mass is 10.2. The molecule has 0 aromatic carbocycles. The molecule has 5 heteroatoms. The van der Waals surface area contributed by atoms with E-state index in [0.717, 1.165) is 24.1 Å². The van der Waals surface area contributed by atoms with Gasteiger partial charge in [0.15, 0.2) is 0 Å². The number of nitrogens with zero attached hydrogens (tertiary/aromatic N) is 1. The lowest BCUT2D eigenvalue weighted by Gasteiger charge is -1.90. The molecule has 106 valence electrons. The van der Waals surface area contributed by atoms with Gasteiger partial charge in [0.1, 0.15) is 4.83 Å². The lowest BCUT2D eigenvalue weighted by Crippen LogP contribution is -2.09. The standard InChI is InChI=1S/C15H19N3OS/c1-2-3-4-5-6-7-8-9-11-10-12-13(19)17-15(16)18-14(12)20-11/h2-3,7-8,10H,4-6,9H2,1H3,(H3,16,17,18,19)/b3-2-,8-7+. The van der Waals surface area contributed by atoms with E-state index in [9.17, 15) is 4.79 Å². The van der Waals surface area contributed by atoms with E-state index in [0.29, 0.717) is 10.2 Å². The van der Waals surface area contributed by atoms with Crippen LogP contribution in [0.3, 0.4) is 0 Å². The third kappa shape index (κ3) is 3.81. The molecule has 2 heterocycles. The molecule has 20 heavy (non-hydrogen) atoms. The summed E-state index contributed by atoms with van der Waals surface area (Å²) < 4.78 is 0. The van der Waals surface area contributed by atoms with Gasteiger partial charge in [-0.15, -0.1) is 11.3 Å². The monoisotopic (exact) mass is 289 g/mol. The van der Waals surface area contributed by atoms with Gasteiger partial charge in [-0.05, 0) is 38.7 Å². The fraction of sp³-hybridized carbons (Fsp3) is 0.333. The van der Waals surface area contributed by atoms with Crippen molar-refractivity contribution in [1.82, 2.24) is 9.97 Å². The molecule has 0 aliphatic rings. The Morgan fingerprint density at radius 3 is 2.95 bits per heavy atom. The first kappa shape index (κ1) is 14.5. The molecular formula is C15H19N3OS. The van der Waals surface area contributed by atoms with Crippen molar-refractivity contribution < 1.29 is 0 Å². The Bertz CT molecular complexity index is 682. The molecule has 0 spiro atoms. The minimum absolute atomic E-state index is 0.162. The first-order valence-electron chi connectivity index (χ1n) is 6.75. The predicted molar refractivity (Wildman–Crippen MR) is 86.2 cm³/mol. The summed E-state index contributed by atoms with van der Waals surface area (Å²) in [6, 6.07) is 1.90. The third-order valence-electron chi connectivity index (χ3n) is 2.93. The number of aromatic amines is 1. The molecule has 2 rings (SSSR count). The van der Waals surface area contributed by atoms with Crippen LogP contribution in [0.4, 0.5) is 5.95 Å². The Labute approximate surface area is 122 Å². The number of nitrogen functional groups attached to an aromatic ring is 1. The van der Waals surface area contributed by atoms with Gasteiger partial charge in [0, 0.05) is 4.88 Å². The summed E-state index contributed by atoms with van der Waals surface area (Å²) in [5.41, 5.74) is 5.37. The van der Waals surface area contributed by atoms with Crippen molar-refractivity contribution in [1.29, 1.82) is 0 Å². The average molecular weight is 289 g/mol. The third-order valence-corrected chi connectivity index (χ3v) is 3.99. The smallest absolute Gasteiger partial charge is 0.261 e. The summed E-state index contributed by atoms with van der Waals surface area (Å²) in [5, 5.41) is 0.626. The van der Waals surface area contributed by atoms with E-state index in [-0.39, 0.29) is 11.5 Å². The molecule has 2 aromatic rings. The van der Waals surface area contributed by atoms with Gasteiger partial charge in [-0.25, -0.2) is 4.98 Å². The minimum Gasteiger partial charge on any atom is -0.369 e. The summed E-state index contributed by atoms with van der Waals surface area (Å²) in [6.45, 7) is 2.04. The van der Waals surface area contributed by atoms with Crippen molar-refractivity contribution in [3.63, 3.8) is 0 Å². The van der Waals surface area contributed by atoms with Crippen molar-refractivity contribution in [2.45, 2.75) is 32.6 Å². The van der Waals surface area contributed by atoms with Crippen LogP contribution in [0.15, 0.2) is 35.2 Å². The van der Waals surface area contributed by atoms with Gasteiger partial charge in [-0.3, -0.25) is 9.78 Å². The van der Waals surface area contributed by atoms with Crippen molar-refractivity contribution in [2.75, 3.05) is 5.73 Å². The molecule has 0 aliphatic carbocycles. The number of nitrogens with one attached hydrogen (secondary N) is 1. The van der Waals surface area contributed by atoms with Gasteiger partial charge in [0.05, 0.1) is 5.39 Å². The Morgan fingerprint density at radius 1 is 1.35 bits per heavy atom. The zero-order valence-electron chi connectivity index (χ0n) is 11.6. The predicted octanol–water partition coefficient (Wildman–Crippen LogP) is 3.41. The largest absolute Gasteiger partial charge is 0.369 e. The average Bonchev–Trinajstić information content (AvgIpc) is 2.81. The van der Waals surface area contributed by atoms with Gasteiger partial charge in [0.2, 0.25) is 5.95 Å². The molecule has 0 aliphatic heterocycles.